The van der Waals surface area contributed by atoms with E-state index in [9.17, 15) is 0 Å². The first-order chi connectivity index (χ1) is 7.36. The lowest BCUT2D eigenvalue weighted by atomic mass is 10.2. The van der Waals surface area contributed by atoms with Crippen LogP contribution in [0.15, 0.2) is 28.4 Å². The molecule has 15 heavy (non-hydrogen) atoms. The molecule has 3 nitrogen and oxygen atoms in total. The first kappa shape index (κ1) is 10.8. The zero-order valence-corrected chi connectivity index (χ0v) is 9.85. The minimum Gasteiger partial charge on any atom is -0.322 e. The number of thiophene rings is 1. The molecular formula is C10H13N3S2. The van der Waals surface area contributed by atoms with Crippen molar-refractivity contribution in [3.05, 3.63) is 39.0 Å². The smallest absolute Gasteiger partial charge is 0.0795 e. The molecule has 0 saturated carbocycles. The topological polar surface area (TPSA) is 50.9 Å². The van der Waals surface area contributed by atoms with Gasteiger partial charge in [0.1, 0.15) is 0 Å². The van der Waals surface area contributed by atoms with E-state index in [0.29, 0.717) is 0 Å². The lowest BCUT2D eigenvalue weighted by Crippen LogP contribution is -2.26. The maximum atomic E-state index is 6.01. The predicted molar refractivity (Wildman–Crippen MR) is 65.1 cm³/mol. The second-order valence-corrected chi connectivity index (χ2v) is 4.93. The molecule has 2 aromatic heterocycles. The number of nitrogens with one attached hydrogen (secondary N) is 1. The van der Waals surface area contributed by atoms with Gasteiger partial charge in [-0.25, -0.2) is 4.98 Å². The molecule has 1 unspecified atom stereocenters. The van der Waals surface area contributed by atoms with Crippen molar-refractivity contribution in [1.82, 2.24) is 10.3 Å². The van der Waals surface area contributed by atoms with E-state index in [4.69, 9.17) is 5.73 Å². The fourth-order valence-electron chi connectivity index (χ4n) is 1.28. The van der Waals surface area contributed by atoms with Crippen LogP contribution in [0, 0.1) is 0 Å². The average Bonchev–Trinajstić information content (AvgIpc) is 2.90. The highest BCUT2D eigenvalue weighted by Gasteiger charge is 2.05. The van der Waals surface area contributed by atoms with Crippen molar-refractivity contribution in [2.75, 3.05) is 6.54 Å². The lowest BCUT2D eigenvalue weighted by Gasteiger charge is -2.09. The molecule has 2 heterocycles. The highest BCUT2D eigenvalue weighted by atomic mass is 32.1. The minimum absolute atomic E-state index is 0.0867. The van der Waals surface area contributed by atoms with Crippen molar-refractivity contribution >= 4 is 22.7 Å². The van der Waals surface area contributed by atoms with Gasteiger partial charge in [-0.15, -0.1) is 22.7 Å². The summed E-state index contributed by atoms with van der Waals surface area (Å²) in [6.45, 7) is 1.58. The summed E-state index contributed by atoms with van der Waals surface area (Å²) in [5.41, 5.74) is 8.93. The summed E-state index contributed by atoms with van der Waals surface area (Å²) in [4.78, 5) is 5.42. The highest BCUT2D eigenvalue weighted by Crippen LogP contribution is 2.15. The quantitative estimate of drug-likeness (QED) is 0.839. The number of rotatable bonds is 5. The normalized spacial score (nSPS) is 12.9. The molecular weight excluding hydrogens is 226 g/mol. The zero-order valence-electron chi connectivity index (χ0n) is 8.22. The lowest BCUT2D eigenvalue weighted by molar-refractivity contribution is 0.599. The van der Waals surface area contributed by atoms with Crippen LogP contribution in [0.3, 0.4) is 0 Å². The third-order valence-corrected chi connectivity index (χ3v) is 3.70. The van der Waals surface area contributed by atoms with Gasteiger partial charge in [-0.05, 0) is 11.4 Å². The molecule has 0 bridgehead atoms. The molecule has 0 saturated heterocycles. The molecule has 3 N–H and O–H groups in total. The summed E-state index contributed by atoms with van der Waals surface area (Å²) in [6.07, 6.45) is 0. The molecule has 0 amide bonds. The summed E-state index contributed by atoms with van der Waals surface area (Å²) in [7, 11) is 0. The van der Waals surface area contributed by atoms with Crippen LogP contribution in [0.4, 0.5) is 0 Å². The van der Waals surface area contributed by atoms with Gasteiger partial charge in [0.15, 0.2) is 0 Å². The molecule has 0 aliphatic carbocycles. The van der Waals surface area contributed by atoms with Crippen LogP contribution in [-0.4, -0.2) is 11.5 Å². The SMILES string of the molecule is NC(CNCc1cscn1)c1cccs1. The molecule has 0 aromatic carbocycles. The van der Waals surface area contributed by atoms with Gasteiger partial charge in [-0.3, -0.25) is 0 Å². The molecule has 1 atom stereocenters. The van der Waals surface area contributed by atoms with Crippen molar-refractivity contribution < 1.29 is 0 Å². The number of nitrogens with two attached hydrogens (primary N) is 1. The Bertz CT molecular complexity index is 369. The molecule has 0 radical (unpaired) electrons. The monoisotopic (exact) mass is 239 g/mol. The number of aromatic nitrogens is 1. The van der Waals surface area contributed by atoms with E-state index in [0.717, 1.165) is 18.8 Å². The molecule has 2 aromatic rings. The van der Waals surface area contributed by atoms with Gasteiger partial charge in [0, 0.05) is 23.3 Å². The van der Waals surface area contributed by atoms with Gasteiger partial charge < -0.3 is 11.1 Å². The summed E-state index contributed by atoms with van der Waals surface area (Å²) in [5.74, 6) is 0. The maximum absolute atomic E-state index is 6.01. The van der Waals surface area contributed by atoms with E-state index in [1.54, 1.807) is 22.7 Å². The van der Waals surface area contributed by atoms with Crippen LogP contribution in [-0.2, 0) is 6.54 Å². The third-order valence-electron chi connectivity index (χ3n) is 2.06. The summed E-state index contributed by atoms with van der Waals surface area (Å²) >= 11 is 3.32. The Balaban J connectivity index is 1.74. The maximum Gasteiger partial charge on any atom is 0.0795 e. The van der Waals surface area contributed by atoms with Gasteiger partial charge in [-0.2, -0.15) is 0 Å². The zero-order chi connectivity index (χ0) is 10.5. The van der Waals surface area contributed by atoms with Crippen LogP contribution in [0.2, 0.25) is 0 Å². The second-order valence-electron chi connectivity index (χ2n) is 3.23. The van der Waals surface area contributed by atoms with E-state index in [-0.39, 0.29) is 6.04 Å². The fourth-order valence-corrected chi connectivity index (χ4v) is 2.57. The average molecular weight is 239 g/mol. The van der Waals surface area contributed by atoms with Crippen molar-refractivity contribution in [3.63, 3.8) is 0 Å². The van der Waals surface area contributed by atoms with E-state index in [2.05, 4.69) is 21.7 Å². The molecule has 0 aliphatic heterocycles. The standard InChI is InChI=1S/C10H13N3S2/c11-9(10-2-1-3-15-10)5-12-4-8-6-14-7-13-8/h1-3,6-7,9,12H,4-5,11H2. The Labute approximate surface area is 97.0 Å². The molecule has 2 rings (SSSR count). The molecule has 0 fully saturated rings. The molecule has 5 heteroatoms. The van der Waals surface area contributed by atoms with E-state index >= 15 is 0 Å². The Morgan fingerprint density at radius 3 is 3.13 bits per heavy atom. The van der Waals surface area contributed by atoms with Crippen molar-refractivity contribution in [1.29, 1.82) is 0 Å². The number of hydrogen-bond acceptors (Lipinski definition) is 5. The Morgan fingerprint density at radius 1 is 1.53 bits per heavy atom. The number of hydrogen-bond donors (Lipinski definition) is 2. The summed E-state index contributed by atoms with van der Waals surface area (Å²) < 4.78 is 0. The van der Waals surface area contributed by atoms with Gasteiger partial charge in [-0.1, -0.05) is 6.07 Å². The van der Waals surface area contributed by atoms with Crippen LogP contribution in [0.1, 0.15) is 16.6 Å². The van der Waals surface area contributed by atoms with Crippen LogP contribution in [0.25, 0.3) is 0 Å². The van der Waals surface area contributed by atoms with Crippen molar-refractivity contribution in [2.24, 2.45) is 5.73 Å². The molecule has 0 spiro atoms. The minimum atomic E-state index is 0.0867. The van der Waals surface area contributed by atoms with Crippen molar-refractivity contribution in [2.45, 2.75) is 12.6 Å². The summed E-state index contributed by atoms with van der Waals surface area (Å²) in [5, 5.41) is 7.40. The first-order valence-corrected chi connectivity index (χ1v) is 6.55. The van der Waals surface area contributed by atoms with E-state index in [1.165, 1.54) is 4.88 Å². The largest absolute Gasteiger partial charge is 0.322 e. The third kappa shape index (κ3) is 3.10. The fraction of sp³-hybridized carbons (Fsp3) is 0.300. The predicted octanol–water partition coefficient (Wildman–Crippen LogP) is 1.99. The van der Waals surface area contributed by atoms with Gasteiger partial charge in [0.25, 0.3) is 0 Å². The van der Waals surface area contributed by atoms with Crippen LogP contribution >= 0.6 is 22.7 Å². The Morgan fingerprint density at radius 2 is 2.47 bits per heavy atom. The summed E-state index contributed by atoms with van der Waals surface area (Å²) in [6, 6.07) is 4.18. The van der Waals surface area contributed by atoms with Crippen LogP contribution in [0.5, 0.6) is 0 Å². The van der Waals surface area contributed by atoms with Gasteiger partial charge in [0.05, 0.1) is 17.2 Å². The van der Waals surface area contributed by atoms with E-state index < -0.39 is 0 Å². The Kier molecular flexibility index (Phi) is 3.85. The van der Waals surface area contributed by atoms with Crippen LogP contribution < -0.4 is 11.1 Å². The first-order valence-electron chi connectivity index (χ1n) is 4.73. The highest BCUT2D eigenvalue weighted by molar-refractivity contribution is 7.10. The molecule has 80 valence electrons. The Hall–Kier alpha value is -0.750. The number of thiazole rings is 1. The van der Waals surface area contributed by atoms with Gasteiger partial charge in [0.2, 0.25) is 0 Å². The number of nitrogens with zero attached hydrogens (tertiary/aromatic N) is 1. The van der Waals surface area contributed by atoms with E-state index in [1.807, 2.05) is 17.0 Å². The second kappa shape index (κ2) is 5.37. The van der Waals surface area contributed by atoms with Crippen molar-refractivity contribution in [3.8, 4) is 0 Å². The van der Waals surface area contributed by atoms with Gasteiger partial charge >= 0.3 is 0 Å². The molecule has 0 aliphatic rings.